The van der Waals surface area contributed by atoms with Gasteiger partial charge < -0.3 is 20.2 Å². The number of rotatable bonds is 6. The molecule has 0 amide bonds. The lowest BCUT2D eigenvalue weighted by molar-refractivity contribution is -0.136. The van der Waals surface area contributed by atoms with E-state index in [1.54, 1.807) is 0 Å². The van der Waals surface area contributed by atoms with Crippen LogP contribution < -0.4 is 0 Å². The highest BCUT2D eigenvalue weighted by atomic mass is 16.4. The Morgan fingerprint density at radius 3 is 1.88 bits per heavy atom. The van der Waals surface area contributed by atoms with E-state index in [4.69, 9.17) is 9.97 Å². The molecule has 2 aliphatic rings. The minimum Gasteiger partial charge on any atom is -0.481 e. The van der Waals surface area contributed by atoms with Crippen molar-refractivity contribution in [2.75, 3.05) is 0 Å². The van der Waals surface area contributed by atoms with Gasteiger partial charge in [0.1, 0.15) is 0 Å². The highest BCUT2D eigenvalue weighted by Gasteiger charge is 2.22. The van der Waals surface area contributed by atoms with Gasteiger partial charge in [-0.05, 0) is 110 Å². The topological polar surface area (TPSA) is 132 Å². The number of allylic oxidation sites excluding steroid dienone is 4. The number of hydrogen-bond donors (Lipinski definition) is 4. The quantitative estimate of drug-likeness (QED) is 0.260. The van der Waals surface area contributed by atoms with E-state index in [9.17, 15) is 19.8 Å². The highest BCUT2D eigenvalue weighted by Crippen LogP contribution is 2.37. The van der Waals surface area contributed by atoms with Gasteiger partial charge in [-0.1, -0.05) is 13.8 Å². The lowest BCUT2D eigenvalue weighted by Crippen LogP contribution is -1.96. The molecule has 4 N–H and O–H groups in total. The first-order chi connectivity index (χ1) is 19.0. The third kappa shape index (κ3) is 4.53. The third-order valence-corrected chi connectivity index (χ3v) is 8.18. The molecule has 2 aliphatic heterocycles. The Morgan fingerprint density at radius 2 is 1.27 bits per heavy atom. The summed E-state index contributed by atoms with van der Waals surface area (Å²) < 4.78 is 0. The van der Waals surface area contributed by atoms with Crippen LogP contribution in [0.1, 0.15) is 96.8 Å². The molecule has 206 valence electrons. The summed E-state index contributed by atoms with van der Waals surface area (Å²) >= 11 is 0. The molecule has 0 atom stereocenters. The molecule has 5 rings (SSSR count). The van der Waals surface area contributed by atoms with Crippen LogP contribution in [0, 0.1) is 13.8 Å². The van der Waals surface area contributed by atoms with Gasteiger partial charge in [0.2, 0.25) is 0 Å². The average molecular weight is 539 g/mol. The van der Waals surface area contributed by atoms with E-state index in [-0.39, 0.29) is 12.0 Å². The van der Waals surface area contributed by atoms with Gasteiger partial charge >= 0.3 is 11.9 Å². The number of aromatic amines is 2. The monoisotopic (exact) mass is 538 g/mol. The van der Waals surface area contributed by atoms with Crippen LogP contribution in [-0.4, -0.2) is 42.1 Å². The number of aromatic carboxylic acids is 1. The molecule has 40 heavy (non-hydrogen) atoms. The summed E-state index contributed by atoms with van der Waals surface area (Å²) in [4.78, 5) is 40.6. The first kappa shape index (κ1) is 27.1. The predicted octanol–water partition coefficient (Wildman–Crippen LogP) is 7.33. The maximum Gasteiger partial charge on any atom is 0.338 e. The summed E-state index contributed by atoms with van der Waals surface area (Å²) in [5.74, 6) is -1.85. The van der Waals surface area contributed by atoms with E-state index in [1.165, 1.54) is 0 Å². The zero-order chi connectivity index (χ0) is 28.9. The number of nitrogens with one attached hydrogen (secondary N) is 2. The van der Waals surface area contributed by atoms with Crippen LogP contribution in [0.3, 0.4) is 0 Å². The van der Waals surface area contributed by atoms with Gasteiger partial charge in [-0.25, -0.2) is 14.8 Å². The summed E-state index contributed by atoms with van der Waals surface area (Å²) in [7, 11) is 0. The molecule has 0 aromatic carbocycles. The average Bonchev–Trinajstić information content (AvgIpc) is 3.55. The molecular formula is C32H34N4O4. The molecule has 8 heteroatoms. The fourth-order valence-electron chi connectivity index (χ4n) is 5.88. The summed E-state index contributed by atoms with van der Waals surface area (Å²) in [5, 5.41) is 19.5. The maximum absolute atomic E-state index is 12.4. The lowest BCUT2D eigenvalue weighted by Gasteiger charge is -2.03. The van der Waals surface area contributed by atoms with Gasteiger partial charge in [0.05, 0.1) is 33.9 Å². The Kier molecular flexibility index (Phi) is 6.96. The summed E-state index contributed by atoms with van der Waals surface area (Å²) in [6.45, 7) is 12.0. The number of H-pyrrole nitrogens is 2. The number of aromatic nitrogens is 4. The highest BCUT2D eigenvalue weighted by molar-refractivity contribution is 6.02. The number of aryl methyl sites for hydroxylation is 3. The third-order valence-electron chi connectivity index (χ3n) is 8.18. The van der Waals surface area contributed by atoms with Gasteiger partial charge in [0.15, 0.2) is 0 Å². The second-order valence-corrected chi connectivity index (χ2v) is 10.5. The molecular weight excluding hydrogens is 504 g/mol. The lowest BCUT2D eigenvalue weighted by atomic mass is 10.00. The smallest absolute Gasteiger partial charge is 0.338 e. The molecule has 0 fully saturated rings. The largest absolute Gasteiger partial charge is 0.481 e. The van der Waals surface area contributed by atoms with Crippen LogP contribution in [0.15, 0.2) is 24.3 Å². The molecule has 3 aromatic heterocycles. The zero-order valence-electron chi connectivity index (χ0n) is 23.7. The first-order valence-electron chi connectivity index (χ1n) is 13.6. The molecule has 0 saturated carbocycles. The Balaban J connectivity index is 1.96. The van der Waals surface area contributed by atoms with Gasteiger partial charge in [-0.15, -0.1) is 0 Å². The predicted molar refractivity (Wildman–Crippen MR) is 159 cm³/mol. The molecule has 0 aliphatic carbocycles. The number of carbonyl (C=O) groups is 2. The van der Waals surface area contributed by atoms with Crippen molar-refractivity contribution in [3.8, 4) is 0 Å². The maximum atomic E-state index is 12.4. The summed E-state index contributed by atoms with van der Waals surface area (Å²) in [6, 6.07) is 7.75. The molecule has 8 bridgehead atoms. The van der Waals surface area contributed by atoms with E-state index in [0.29, 0.717) is 23.0 Å². The Bertz CT molecular complexity index is 1820. The molecule has 0 radical (unpaired) electrons. The van der Waals surface area contributed by atoms with Crippen LogP contribution in [0.4, 0.5) is 0 Å². The van der Waals surface area contributed by atoms with Crippen molar-refractivity contribution < 1.29 is 19.8 Å². The number of aliphatic carboxylic acids is 1. The number of fused-ring (bicyclic) bond motifs is 8. The number of nitrogens with zero attached hydrogens (tertiary/aromatic N) is 2. The van der Waals surface area contributed by atoms with Crippen molar-refractivity contribution in [1.82, 2.24) is 19.9 Å². The molecule has 8 nitrogen and oxygen atoms in total. The van der Waals surface area contributed by atoms with Crippen LogP contribution in [0.25, 0.3) is 44.4 Å². The van der Waals surface area contributed by atoms with E-state index >= 15 is 0 Å². The van der Waals surface area contributed by atoms with Crippen LogP contribution in [-0.2, 0) is 11.2 Å². The zero-order valence-corrected chi connectivity index (χ0v) is 23.7. The van der Waals surface area contributed by atoms with Crippen molar-refractivity contribution in [2.45, 2.75) is 67.2 Å². The standard InChI is InChI=1S/C32H34N4O4/c1-7-19-15(3)22-11-23-17(5)21(9-10-30(37)38)28(35-23)14-27-20(8-2)16(4)24(34-27)13-29-31(32(39)40)18(6)25(36-29)12-26(19)33-22/h11-14,34,36H,7-10H2,1-6H3,(H,37,38)(H,39,40). The molecule has 0 spiro atoms. The van der Waals surface area contributed by atoms with Gasteiger partial charge in [0.25, 0.3) is 0 Å². The van der Waals surface area contributed by atoms with E-state index in [1.807, 2.05) is 52.0 Å². The van der Waals surface area contributed by atoms with E-state index in [2.05, 4.69) is 23.8 Å². The normalized spacial score (nSPS) is 13.3. The Hall–Kier alpha value is -4.46. The fraction of sp³-hybridized carbons (Fsp3) is 0.312. The first-order valence-corrected chi connectivity index (χ1v) is 13.6. The van der Waals surface area contributed by atoms with Crippen molar-refractivity contribution in [3.63, 3.8) is 0 Å². The van der Waals surface area contributed by atoms with Crippen LogP contribution in [0.5, 0.6) is 0 Å². The van der Waals surface area contributed by atoms with Gasteiger partial charge in [-0.3, -0.25) is 4.79 Å². The Labute approximate surface area is 232 Å². The molecule has 0 unspecified atom stereocenters. The van der Waals surface area contributed by atoms with Crippen molar-refractivity contribution >= 4 is 56.3 Å². The summed E-state index contributed by atoms with van der Waals surface area (Å²) in [6.07, 6.45) is 1.91. The van der Waals surface area contributed by atoms with E-state index < -0.39 is 11.9 Å². The van der Waals surface area contributed by atoms with Crippen molar-refractivity contribution in [2.24, 2.45) is 0 Å². The number of hydrogen-bond acceptors (Lipinski definition) is 4. The molecule has 3 aromatic rings. The Morgan fingerprint density at radius 1 is 0.700 bits per heavy atom. The van der Waals surface area contributed by atoms with Crippen LogP contribution in [0.2, 0.25) is 0 Å². The van der Waals surface area contributed by atoms with Crippen molar-refractivity contribution in [1.29, 1.82) is 0 Å². The molecule has 0 saturated heterocycles. The van der Waals surface area contributed by atoms with Gasteiger partial charge in [-0.2, -0.15) is 0 Å². The SMILES string of the molecule is CCC1=C(C)c2cc3nc(cc4[nH]c(cc5[nH]c(cc1n2)c(C)c5C(=O)O)c(C)c4CC)C(CCC(=O)O)=C3C. The second-order valence-electron chi connectivity index (χ2n) is 10.5. The number of carboxylic acids is 2. The number of carboxylic acid groups (broad SMARTS) is 2. The minimum absolute atomic E-state index is 0.00915. The molecule has 5 heterocycles. The van der Waals surface area contributed by atoms with Crippen molar-refractivity contribution in [3.05, 3.63) is 69.3 Å². The van der Waals surface area contributed by atoms with Crippen LogP contribution >= 0.6 is 0 Å². The minimum atomic E-state index is -0.993. The van der Waals surface area contributed by atoms with Gasteiger partial charge in [0, 0.05) is 23.0 Å². The second kappa shape index (κ2) is 10.3. The van der Waals surface area contributed by atoms with E-state index in [0.717, 1.165) is 80.1 Å². The summed E-state index contributed by atoms with van der Waals surface area (Å²) in [5.41, 5.74) is 13.0. The fourth-order valence-corrected chi connectivity index (χ4v) is 5.88.